The summed E-state index contributed by atoms with van der Waals surface area (Å²) in [5.74, 6) is 0.449. The van der Waals surface area contributed by atoms with Crippen LogP contribution in [0.15, 0.2) is 23.7 Å². The number of nitriles is 2. The Balaban J connectivity index is 0.000000424. The van der Waals surface area contributed by atoms with Gasteiger partial charge in [-0.05, 0) is 6.08 Å². The van der Waals surface area contributed by atoms with E-state index in [9.17, 15) is 0 Å². The molecule has 0 aromatic heterocycles. The van der Waals surface area contributed by atoms with E-state index in [4.69, 9.17) is 26.3 Å². The SMILES string of the molecule is N#CC(C#N)=C1CC=CO1.N=[N+]=N. The number of hydrogen-bond donors (Lipinski definition) is 2. The second-order valence-corrected chi connectivity index (χ2v) is 1.83. The van der Waals surface area contributed by atoms with Gasteiger partial charge >= 0.3 is 0 Å². The molecular weight excluding hydrogens is 170 g/mol. The number of hydrogen-bond acceptors (Lipinski definition) is 5. The standard InChI is InChI=1S/C7H4N2O.H2N3/c8-4-6(5-9)7-2-1-3-10-7;1-3-2/h1,3H,2H2;1-2H/q;+1. The van der Waals surface area contributed by atoms with Gasteiger partial charge in [0.1, 0.15) is 29.0 Å². The summed E-state index contributed by atoms with van der Waals surface area (Å²) in [6, 6.07) is 3.49. The topological polar surface area (TPSA) is 119 Å². The summed E-state index contributed by atoms with van der Waals surface area (Å²) < 4.78 is 4.85. The van der Waals surface area contributed by atoms with Crippen LogP contribution in [-0.2, 0) is 4.74 Å². The van der Waals surface area contributed by atoms with Gasteiger partial charge < -0.3 is 4.74 Å². The van der Waals surface area contributed by atoms with Crippen LogP contribution in [0.1, 0.15) is 6.42 Å². The third kappa shape index (κ3) is 3.47. The van der Waals surface area contributed by atoms with Crippen molar-refractivity contribution in [3.8, 4) is 12.1 Å². The van der Waals surface area contributed by atoms with E-state index in [2.05, 4.69) is 0 Å². The van der Waals surface area contributed by atoms with Crippen molar-refractivity contribution in [2.75, 3.05) is 0 Å². The van der Waals surface area contributed by atoms with Crippen molar-refractivity contribution in [3.63, 3.8) is 0 Å². The number of ether oxygens (including phenoxy) is 1. The normalized spacial score (nSPS) is 11.1. The molecule has 1 aliphatic heterocycles. The number of rotatable bonds is 0. The van der Waals surface area contributed by atoms with Crippen molar-refractivity contribution in [2.45, 2.75) is 6.42 Å². The van der Waals surface area contributed by atoms with E-state index in [1.807, 2.05) is 4.91 Å². The maximum Gasteiger partial charge on any atom is 0.211 e. The first-order valence-corrected chi connectivity index (χ1v) is 3.18. The Morgan fingerprint density at radius 2 is 2.00 bits per heavy atom. The molecule has 0 aromatic carbocycles. The van der Waals surface area contributed by atoms with E-state index in [1.54, 1.807) is 18.2 Å². The van der Waals surface area contributed by atoms with Gasteiger partial charge in [-0.15, -0.1) is 0 Å². The molecule has 0 atom stereocenters. The zero-order valence-corrected chi connectivity index (χ0v) is 6.61. The van der Waals surface area contributed by atoms with E-state index in [-0.39, 0.29) is 5.57 Å². The molecule has 64 valence electrons. The first-order valence-electron chi connectivity index (χ1n) is 3.18. The van der Waals surface area contributed by atoms with E-state index >= 15 is 0 Å². The molecule has 13 heavy (non-hydrogen) atoms. The van der Waals surface area contributed by atoms with Gasteiger partial charge in [0, 0.05) is 6.42 Å². The highest BCUT2D eigenvalue weighted by atomic mass is 16.5. The summed E-state index contributed by atoms with van der Waals surface area (Å²) in [7, 11) is 0. The first-order chi connectivity index (χ1) is 6.29. The number of nitrogens with zero attached hydrogens (tertiary/aromatic N) is 3. The van der Waals surface area contributed by atoms with Crippen molar-refractivity contribution in [2.24, 2.45) is 0 Å². The zero-order chi connectivity index (χ0) is 10.1. The van der Waals surface area contributed by atoms with Gasteiger partial charge in [0.2, 0.25) is 4.91 Å². The third-order valence-corrected chi connectivity index (χ3v) is 1.11. The monoisotopic (exact) mass is 176 g/mol. The minimum atomic E-state index is 0.0602. The molecule has 2 N–H and O–H groups in total. The van der Waals surface area contributed by atoms with Crippen molar-refractivity contribution in [1.29, 1.82) is 21.6 Å². The molecular formula is C7H6N5O+. The minimum Gasteiger partial charge on any atom is -0.467 e. The summed E-state index contributed by atoms with van der Waals surface area (Å²) >= 11 is 0. The second kappa shape index (κ2) is 6.29. The highest BCUT2D eigenvalue weighted by molar-refractivity contribution is 5.39. The molecule has 0 aromatic rings. The first kappa shape index (κ1) is 10.6. The predicted molar refractivity (Wildman–Crippen MR) is 40.7 cm³/mol. The van der Waals surface area contributed by atoms with Crippen LogP contribution < -0.4 is 4.91 Å². The van der Waals surface area contributed by atoms with Gasteiger partial charge in [-0.1, -0.05) is 0 Å². The summed E-state index contributed by atoms with van der Waals surface area (Å²) in [5, 5.41) is 16.7. The molecule has 6 nitrogen and oxygen atoms in total. The molecule has 0 saturated heterocycles. The maximum atomic E-state index is 8.35. The van der Waals surface area contributed by atoms with Gasteiger partial charge in [0.05, 0.1) is 6.26 Å². The molecule has 0 saturated carbocycles. The molecule has 0 radical (unpaired) electrons. The lowest BCUT2D eigenvalue weighted by atomic mass is 10.2. The Labute approximate surface area is 74.4 Å². The summed E-state index contributed by atoms with van der Waals surface area (Å²) in [4.78, 5) is 2.00. The van der Waals surface area contributed by atoms with Crippen LogP contribution in [0.5, 0.6) is 0 Å². The van der Waals surface area contributed by atoms with Gasteiger partial charge in [-0.25, -0.2) is 0 Å². The van der Waals surface area contributed by atoms with Gasteiger partial charge in [-0.3, -0.25) is 0 Å². The Kier molecular flexibility index (Phi) is 5.12. The lowest BCUT2D eigenvalue weighted by Gasteiger charge is -1.93. The molecule has 0 amide bonds. The Morgan fingerprint density at radius 3 is 2.31 bits per heavy atom. The average molecular weight is 176 g/mol. The largest absolute Gasteiger partial charge is 0.467 e. The predicted octanol–water partition coefficient (Wildman–Crippen LogP) is 1.34. The van der Waals surface area contributed by atoms with Crippen LogP contribution in [0.25, 0.3) is 0 Å². The van der Waals surface area contributed by atoms with E-state index in [0.717, 1.165) is 0 Å². The Bertz CT molecular complexity index is 322. The fourth-order valence-corrected chi connectivity index (χ4v) is 0.644. The second-order valence-electron chi connectivity index (χ2n) is 1.83. The van der Waals surface area contributed by atoms with Gasteiger partial charge in [0.15, 0.2) is 5.57 Å². The van der Waals surface area contributed by atoms with Crippen LogP contribution in [-0.4, -0.2) is 0 Å². The third-order valence-electron chi connectivity index (χ3n) is 1.11. The molecule has 0 unspecified atom stereocenters. The molecule has 1 aliphatic rings. The molecule has 0 spiro atoms. The molecule has 6 heteroatoms. The van der Waals surface area contributed by atoms with Crippen LogP contribution in [0.3, 0.4) is 0 Å². The van der Waals surface area contributed by atoms with Crippen molar-refractivity contribution >= 4 is 0 Å². The van der Waals surface area contributed by atoms with E-state index in [1.165, 1.54) is 6.26 Å². The molecule has 0 bridgehead atoms. The fraction of sp³-hybridized carbons (Fsp3) is 0.143. The lowest BCUT2D eigenvalue weighted by molar-refractivity contribution is 0.365. The van der Waals surface area contributed by atoms with Crippen LogP contribution in [0.2, 0.25) is 0 Å². The Morgan fingerprint density at radius 1 is 1.46 bits per heavy atom. The van der Waals surface area contributed by atoms with Crippen molar-refractivity contribution in [3.05, 3.63) is 23.7 Å². The van der Waals surface area contributed by atoms with E-state index in [0.29, 0.717) is 12.2 Å². The summed E-state index contributed by atoms with van der Waals surface area (Å²) in [5.41, 5.74) is 11.1. The Hall–Kier alpha value is -2.43. The van der Waals surface area contributed by atoms with Crippen molar-refractivity contribution < 1.29 is 4.74 Å². The zero-order valence-electron chi connectivity index (χ0n) is 6.61. The van der Waals surface area contributed by atoms with Crippen molar-refractivity contribution in [1.82, 2.24) is 4.91 Å². The van der Waals surface area contributed by atoms with Crippen LogP contribution in [0.4, 0.5) is 0 Å². The fourth-order valence-electron chi connectivity index (χ4n) is 0.644. The lowest BCUT2D eigenvalue weighted by Crippen LogP contribution is -1.83. The van der Waals surface area contributed by atoms with Crippen LogP contribution >= 0.6 is 0 Å². The highest BCUT2D eigenvalue weighted by Gasteiger charge is 2.08. The summed E-state index contributed by atoms with van der Waals surface area (Å²) in [6.45, 7) is 0. The minimum absolute atomic E-state index is 0.0602. The maximum absolute atomic E-state index is 8.35. The highest BCUT2D eigenvalue weighted by Crippen LogP contribution is 2.16. The quantitative estimate of drug-likeness (QED) is 0.329. The number of nitrogens with one attached hydrogen (secondary N) is 2. The smallest absolute Gasteiger partial charge is 0.211 e. The molecule has 0 fully saturated rings. The average Bonchev–Trinajstić information content (AvgIpc) is 2.61. The molecule has 0 aliphatic carbocycles. The van der Waals surface area contributed by atoms with E-state index < -0.39 is 0 Å². The van der Waals surface area contributed by atoms with Gasteiger partial charge in [0.25, 0.3) is 0 Å². The molecule has 1 rings (SSSR count). The number of allylic oxidation sites excluding steroid dienone is 2. The van der Waals surface area contributed by atoms with Crippen LogP contribution in [0, 0.1) is 33.7 Å². The molecule has 1 heterocycles. The van der Waals surface area contributed by atoms with Gasteiger partial charge in [-0.2, -0.15) is 10.5 Å². The summed E-state index contributed by atoms with van der Waals surface area (Å²) in [6.07, 6.45) is 3.78.